The number of fused-ring (bicyclic) bond motifs is 1. The molecule has 1 aromatic heterocycles. The highest BCUT2D eigenvalue weighted by molar-refractivity contribution is 5.79. The second-order valence-corrected chi connectivity index (χ2v) is 5.09. The minimum atomic E-state index is 0.765. The third-order valence-electron chi connectivity index (χ3n) is 3.13. The van der Waals surface area contributed by atoms with Crippen molar-refractivity contribution in [3.63, 3.8) is 0 Å². The molecule has 17 heavy (non-hydrogen) atoms. The molecule has 2 N–H and O–H groups in total. The van der Waals surface area contributed by atoms with Gasteiger partial charge in [0.05, 0.1) is 11.0 Å². The van der Waals surface area contributed by atoms with Crippen molar-refractivity contribution in [1.29, 1.82) is 0 Å². The molecule has 0 atom stereocenters. The summed E-state index contributed by atoms with van der Waals surface area (Å²) in [5, 5.41) is 0. The number of rotatable bonds is 4. The molecule has 0 fully saturated rings. The highest BCUT2D eigenvalue weighted by Crippen LogP contribution is 2.19. The normalized spacial score (nSPS) is 11.5. The van der Waals surface area contributed by atoms with Gasteiger partial charge in [-0.25, -0.2) is 4.98 Å². The van der Waals surface area contributed by atoms with Crippen molar-refractivity contribution in [2.45, 2.75) is 40.2 Å². The summed E-state index contributed by atoms with van der Waals surface area (Å²) in [6, 6.07) is 5.96. The van der Waals surface area contributed by atoms with E-state index in [2.05, 4.69) is 36.4 Å². The lowest BCUT2D eigenvalue weighted by molar-refractivity contribution is 0.512. The second kappa shape index (κ2) is 4.78. The van der Waals surface area contributed by atoms with Crippen molar-refractivity contribution in [3.8, 4) is 0 Å². The van der Waals surface area contributed by atoms with Crippen LogP contribution in [0.2, 0.25) is 0 Å². The molecule has 1 aromatic carbocycles. The van der Waals surface area contributed by atoms with Crippen LogP contribution in [0.25, 0.3) is 11.0 Å². The molecule has 0 spiro atoms. The molecule has 3 heteroatoms. The summed E-state index contributed by atoms with van der Waals surface area (Å²) in [5.41, 5.74) is 8.76. The molecular formula is C14H21N3. The van der Waals surface area contributed by atoms with Crippen LogP contribution in [0.5, 0.6) is 0 Å². The van der Waals surface area contributed by atoms with E-state index in [1.54, 1.807) is 0 Å². The van der Waals surface area contributed by atoms with Gasteiger partial charge in [0, 0.05) is 12.2 Å². The minimum absolute atomic E-state index is 0.765. The fraction of sp³-hybridized carbons (Fsp3) is 0.500. The first-order valence-corrected chi connectivity index (χ1v) is 6.30. The van der Waals surface area contributed by atoms with Gasteiger partial charge >= 0.3 is 0 Å². The van der Waals surface area contributed by atoms with Crippen LogP contribution in [0.1, 0.15) is 32.5 Å². The Labute approximate surface area is 103 Å². The first-order valence-electron chi connectivity index (χ1n) is 6.30. The molecule has 2 rings (SSSR count). The van der Waals surface area contributed by atoms with E-state index in [-0.39, 0.29) is 0 Å². The number of aromatic nitrogens is 2. The van der Waals surface area contributed by atoms with Crippen LogP contribution in [0.3, 0.4) is 0 Å². The maximum atomic E-state index is 5.77. The molecule has 3 nitrogen and oxygen atoms in total. The molecule has 0 saturated heterocycles. The van der Waals surface area contributed by atoms with Crippen LogP contribution >= 0.6 is 0 Å². The highest BCUT2D eigenvalue weighted by Gasteiger charge is 2.07. The molecule has 0 aliphatic carbocycles. The van der Waals surface area contributed by atoms with E-state index in [9.17, 15) is 0 Å². The molecular weight excluding hydrogens is 210 g/mol. The van der Waals surface area contributed by atoms with Gasteiger partial charge in [-0.2, -0.15) is 0 Å². The number of anilines is 1. The summed E-state index contributed by atoms with van der Waals surface area (Å²) in [7, 11) is 0. The zero-order valence-corrected chi connectivity index (χ0v) is 10.9. The Morgan fingerprint density at radius 2 is 2.12 bits per heavy atom. The van der Waals surface area contributed by atoms with Crippen LogP contribution in [-0.2, 0) is 6.54 Å². The predicted octanol–water partition coefficient (Wildman–Crippen LogP) is 3.36. The number of imidazole rings is 1. The van der Waals surface area contributed by atoms with E-state index in [0.29, 0.717) is 0 Å². The summed E-state index contributed by atoms with van der Waals surface area (Å²) >= 11 is 0. The smallest absolute Gasteiger partial charge is 0.106 e. The molecule has 0 amide bonds. The van der Waals surface area contributed by atoms with Gasteiger partial charge in [-0.05, 0) is 43.9 Å². The number of hydrogen-bond donors (Lipinski definition) is 1. The van der Waals surface area contributed by atoms with E-state index in [1.165, 1.54) is 18.4 Å². The largest absolute Gasteiger partial charge is 0.399 e. The summed E-state index contributed by atoms with van der Waals surface area (Å²) in [6.45, 7) is 7.63. The minimum Gasteiger partial charge on any atom is -0.399 e. The number of hydrogen-bond acceptors (Lipinski definition) is 2. The maximum Gasteiger partial charge on any atom is 0.106 e. The standard InChI is InChI=1S/C14H21N3/c1-10(2)5-4-8-17-11(3)16-13-9-12(15)6-7-14(13)17/h6-7,9-10H,4-5,8,15H2,1-3H3. The van der Waals surface area contributed by atoms with E-state index in [1.807, 2.05) is 12.1 Å². The van der Waals surface area contributed by atoms with Gasteiger partial charge in [-0.1, -0.05) is 13.8 Å². The van der Waals surface area contributed by atoms with E-state index in [4.69, 9.17) is 5.73 Å². The van der Waals surface area contributed by atoms with Gasteiger partial charge < -0.3 is 10.3 Å². The Balaban J connectivity index is 2.24. The summed E-state index contributed by atoms with van der Waals surface area (Å²) in [5.74, 6) is 1.84. The molecule has 0 aliphatic heterocycles. The average molecular weight is 231 g/mol. The number of nitrogens with two attached hydrogens (primary N) is 1. The molecule has 0 bridgehead atoms. The van der Waals surface area contributed by atoms with Crippen LogP contribution in [0.15, 0.2) is 18.2 Å². The monoisotopic (exact) mass is 231 g/mol. The van der Waals surface area contributed by atoms with Gasteiger partial charge in [0.1, 0.15) is 5.82 Å². The first-order chi connectivity index (χ1) is 8.08. The highest BCUT2D eigenvalue weighted by atomic mass is 15.1. The number of nitrogens with zero attached hydrogens (tertiary/aromatic N) is 2. The van der Waals surface area contributed by atoms with Crippen LogP contribution in [-0.4, -0.2) is 9.55 Å². The van der Waals surface area contributed by atoms with E-state index in [0.717, 1.165) is 29.5 Å². The van der Waals surface area contributed by atoms with Crippen molar-refractivity contribution < 1.29 is 0 Å². The van der Waals surface area contributed by atoms with Gasteiger partial charge in [0.25, 0.3) is 0 Å². The van der Waals surface area contributed by atoms with Gasteiger partial charge in [-0.15, -0.1) is 0 Å². The van der Waals surface area contributed by atoms with Gasteiger partial charge in [0.2, 0.25) is 0 Å². The van der Waals surface area contributed by atoms with Crippen LogP contribution in [0, 0.1) is 12.8 Å². The lowest BCUT2D eigenvalue weighted by Crippen LogP contribution is -2.02. The first kappa shape index (κ1) is 12.0. The number of aryl methyl sites for hydroxylation is 2. The number of nitrogen functional groups attached to an aromatic ring is 1. The van der Waals surface area contributed by atoms with Gasteiger partial charge in [0.15, 0.2) is 0 Å². The van der Waals surface area contributed by atoms with Gasteiger partial charge in [-0.3, -0.25) is 0 Å². The van der Waals surface area contributed by atoms with Crippen LogP contribution < -0.4 is 5.73 Å². The zero-order chi connectivity index (χ0) is 12.4. The van der Waals surface area contributed by atoms with Crippen LogP contribution in [0.4, 0.5) is 5.69 Å². The molecule has 0 radical (unpaired) electrons. The third kappa shape index (κ3) is 2.60. The second-order valence-electron chi connectivity index (χ2n) is 5.09. The fourth-order valence-electron chi connectivity index (χ4n) is 2.21. The lowest BCUT2D eigenvalue weighted by atomic mass is 10.1. The quantitative estimate of drug-likeness (QED) is 0.820. The molecule has 0 aliphatic rings. The zero-order valence-electron chi connectivity index (χ0n) is 10.9. The lowest BCUT2D eigenvalue weighted by Gasteiger charge is -2.08. The third-order valence-corrected chi connectivity index (χ3v) is 3.13. The topological polar surface area (TPSA) is 43.8 Å². The fourth-order valence-corrected chi connectivity index (χ4v) is 2.21. The maximum absolute atomic E-state index is 5.77. The average Bonchev–Trinajstić information content (AvgIpc) is 2.54. The molecule has 1 heterocycles. The summed E-state index contributed by atoms with van der Waals surface area (Å²) in [6.07, 6.45) is 2.46. The van der Waals surface area contributed by atoms with Crippen molar-refractivity contribution in [1.82, 2.24) is 9.55 Å². The van der Waals surface area contributed by atoms with Crippen molar-refractivity contribution in [2.24, 2.45) is 5.92 Å². The summed E-state index contributed by atoms with van der Waals surface area (Å²) < 4.78 is 2.29. The predicted molar refractivity (Wildman–Crippen MR) is 73.0 cm³/mol. The van der Waals surface area contributed by atoms with E-state index >= 15 is 0 Å². The van der Waals surface area contributed by atoms with Crippen molar-refractivity contribution in [2.75, 3.05) is 5.73 Å². The van der Waals surface area contributed by atoms with E-state index < -0.39 is 0 Å². The molecule has 92 valence electrons. The molecule has 2 aromatic rings. The molecule has 0 saturated carbocycles. The van der Waals surface area contributed by atoms with Crippen molar-refractivity contribution in [3.05, 3.63) is 24.0 Å². The Morgan fingerprint density at radius 3 is 2.82 bits per heavy atom. The Kier molecular flexibility index (Phi) is 3.36. The Bertz CT molecular complexity index is 511. The SMILES string of the molecule is Cc1nc2cc(N)ccc2n1CCCC(C)C. The van der Waals surface area contributed by atoms with Crippen molar-refractivity contribution >= 4 is 16.7 Å². The Hall–Kier alpha value is -1.51. The molecule has 0 unspecified atom stereocenters. The summed E-state index contributed by atoms with van der Waals surface area (Å²) in [4.78, 5) is 4.55. The number of benzene rings is 1. The Morgan fingerprint density at radius 1 is 1.35 bits per heavy atom.